The molecule has 0 radical (unpaired) electrons. The minimum absolute atomic E-state index is 0.273. The zero-order chi connectivity index (χ0) is 13.9. The van der Waals surface area contributed by atoms with Gasteiger partial charge < -0.3 is 19.9 Å². The van der Waals surface area contributed by atoms with E-state index in [0.29, 0.717) is 26.4 Å². The van der Waals surface area contributed by atoms with Crippen molar-refractivity contribution in [2.75, 3.05) is 33.5 Å². The molecule has 1 aromatic carbocycles. The molecule has 0 heterocycles. The van der Waals surface area contributed by atoms with Gasteiger partial charge in [0.25, 0.3) is 0 Å². The second-order valence-corrected chi connectivity index (χ2v) is 4.50. The number of rotatable bonds is 10. The lowest BCUT2D eigenvalue weighted by molar-refractivity contribution is 0.0128. The number of ether oxygens (including phenoxy) is 2. The number of nitrogens with one attached hydrogen (secondary N) is 1. The molecule has 2 unspecified atom stereocenters. The number of hydrogen-bond acceptors (Lipinski definition) is 4. The van der Waals surface area contributed by atoms with Crippen LogP contribution in [0.25, 0.3) is 0 Å². The average Bonchev–Trinajstić information content (AvgIpc) is 2.45. The molecule has 1 rings (SSSR count). The molecule has 0 bridgehead atoms. The van der Waals surface area contributed by atoms with Gasteiger partial charge in [-0.2, -0.15) is 0 Å². The predicted molar refractivity (Wildman–Crippen MR) is 76.2 cm³/mol. The zero-order valence-corrected chi connectivity index (χ0v) is 11.8. The fraction of sp³-hybridized carbons (Fsp3) is 0.600. The Morgan fingerprint density at radius 1 is 1.21 bits per heavy atom. The Bertz CT molecular complexity index is 318. The third-order valence-electron chi connectivity index (χ3n) is 2.95. The van der Waals surface area contributed by atoms with Gasteiger partial charge in [-0.3, -0.25) is 0 Å². The van der Waals surface area contributed by atoms with E-state index in [0.717, 1.165) is 6.42 Å². The van der Waals surface area contributed by atoms with Crippen molar-refractivity contribution < 1.29 is 14.6 Å². The van der Waals surface area contributed by atoms with Crippen LogP contribution in [0.3, 0.4) is 0 Å². The molecule has 0 aliphatic carbocycles. The summed E-state index contributed by atoms with van der Waals surface area (Å²) in [5.41, 5.74) is 1.25. The summed E-state index contributed by atoms with van der Waals surface area (Å²) in [6.45, 7) is 4.07. The van der Waals surface area contributed by atoms with Gasteiger partial charge in [0.2, 0.25) is 0 Å². The van der Waals surface area contributed by atoms with E-state index in [1.54, 1.807) is 7.11 Å². The first-order valence-electron chi connectivity index (χ1n) is 6.81. The Balaban J connectivity index is 2.25. The molecule has 0 amide bonds. The molecule has 108 valence electrons. The minimum atomic E-state index is -0.491. The van der Waals surface area contributed by atoms with Gasteiger partial charge in [-0.25, -0.2) is 0 Å². The van der Waals surface area contributed by atoms with Gasteiger partial charge in [-0.05, 0) is 12.0 Å². The average molecular weight is 267 g/mol. The maximum Gasteiger partial charge on any atom is 0.0897 e. The Labute approximate surface area is 115 Å². The van der Waals surface area contributed by atoms with Crippen molar-refractivity contribution in [1.29, 1.82) is 0 Å². The summed E-state index contributed by atoms with van der Waals surface area (Å²) in [6, 6.07) is 10.5. The largest absolute Gasteiger partial charge is 0.389 e. The van der Waals surface area contributed by atoms with Gasteiger partial charge in [0.1, 0.15) is 0 Å². The van der Waals surface area contributed by atoms with Crippen LogP contribution < -0.4 is 5.32 Å². The highest BCUT2D eigenvalue weighted by atomic mass is 16.5. The molecule has 0 aromatic heterocycles. The lowest BCUT2D eigenvalue weighted by Crippen LogP contribution is -2.33. The molecule has 4 nitrogen and oxygen atoms in total. The van der Waals surface area contributed by atoms with E-state index < -0.39 is 6.10 Å². The normalized spacial score (nSPS) is 14.3. The molecule has 0 aliphatic rings. The second-order valence-electron chi connectivity index (χ2n) is 4.50. The van der Waals surface area contributed by atoms with Gasteiger partial charge in [-0.1, -0.05) is 37.3 Å². The summed E-state index contributed by atoms with van der Waals surface area (Å²) in [7, 11) is 1.63. The maximum atomic E-state index is 9.81. The van der Waals surface area contributed by atoms with Crippen molar-refractivity contribution in [3.8, 4) is 0 Å². The van der Waals surface area contributed by atoms with E-state index in [4.69, 9.17) is 9.47 Å². The van der Waals surface area contributed by atoms with Gasteiger partial charge in [0.05, 0.1) is 25.9 Å². The lowest BCUT2D eigenvalue weighted by atomic mass is 10.0. The first-order valence-corrected chi connectivity index (χ1v) is 6.81. The van der Waals surface area contributed by atoms with E-state index in [1.807, 2.05) is 18.2 Å². The van der Waals surface area contributed by atoms with Crippen molar-refractivity contribution in [2.45, 2.75) is 25.5 Å². The van der Waals surface area contributed by atoms with Crippen LogP contribution in [-0.2, 0) is 9.47 Å². The number of hydrogen-bond donors (Lipinski definition) is 2. The van der Waals surface area contributed by atoms with Gasteiger partial charge >= 0.3 is 0 Å². The van der Waals surface area contributed by atoms with Crippen molar-refractivity contribution in [1.82, 2.24) is 5.32 Å². The molecule has 19 heavy (non-hydrogen) atoms. The van der Waals surface area contributed by atoms with Crippen LogP contribution in [0.4, 0.5) is 0 Å². The standard InChI is InChI=1S/C15H25NO3/c1-3-15(13-7-5-4-6-8-13)16-11-14(17)12-19-10-9-18-2/h4-8,14-17H,3,9-12H2,1-2H3. The third kappa shape index (κ3) is 6.68. The number of aliphatic hydroxyl groups is 1. The van der Waals surface area contributed by atoms with Crippen molar-refractivity contribution in [3.63, 3.8) is 0 Å². The molecule has 0 spiro atoms. The molecule has 0 fully saturated rings. The van der Waals surface area contributed by atoms with E-state index in [1.165, 1.54) is 5.56 Å². The van der Waals surface area contributed by atoms with Gasteiger partial charge in [0, 0.05) is 19.7 Å². The molecule has 4 heteroatoms. The monoisotopic (exact) mass is 267 g/mol. The molecule has 1 aromatic rings. The Kier molecular flexibility index (Phi) is 8.41. The Morgan fingerprint density at radius 2 is 1.95 bits per heavy atom. The van der Waals surface area contributed by atoms with Gasteiger partial charge in [-0.15, -0.1) is 0 Å². The summed E-state index contributed by atoms with van der Waals surface area (Å²) in [5, 5.41) is 13.2. The molecule has 0 saturated heterocycles. The van der Waals surface area contributed by atoms with Crippen LogP contribution in [0.2, 0.25) is 0 Å². The van der Waals surface area contributed by atoms with Crippen LogP contribution in [0.15, 0.2) is 30.3 Å². The minimum Gasteiger partial charge on any atom is -0.389 e. The van der Waals surface area contributed by atoms with Crippen molar-refractivity contribution in [2.24, 2.45) is 0 Å². The summed E-state index contributed by atoms with van der Waals surface area (Å²) in [6.07, 6.45) is 0.496. The SMILES string of the molecule is CCC(NCC(O)COCCOC)c1ccccc1. The topological polar surface area (TPSA) is 50.7 Å². The third-order valence-corrected chi connectivity index (χ3v) is 2.95. The summed E-state index contributed by atoms with van der Waals surface area (Å²) >= 11 is 0. The highest BCUT2D eigenvalue weighted by Crippen LogP contribution is 2.15. The smallest absolute Gasteiger partial charge is 0.0897 e. The summed E-state index contributed by atoms with van der Waals surface area (Å²) in [5.74, 6) is 0. The summed E-state index contributed by atoms with van der Waals surface area (Å²) < 4.78 is 10.2. The summed E-state index contributed by atoms with van der Waals surface area (Å²) in [4.78, 5) is 0. The Hall–Kier alpha value is -0.940. The van der Waals surface area contributed by atoms with Crippen LogP contribution in [-0.4, -0.2) is 44.7 Å². The first kappa shape index (κ1) is 16.1. The van der Waals surface area contributed by atoms with E-state index in [9.17, 15) is 5.11 Å². The van der Waals surface area contributed by atoms with Crippen molar-refractivity contribution in [3.05, 3.63) is 35.9 Å². The van der Waals surface area contributed by atoms with Gasteiger partial charge in [0.15, 0.2) is 0 Å². The molecule has 2 atom stereocenters. The molecule has 0 aliphatic heterocycles. The molecule has 2 N–H and O–H groups in total. The van der Waals surface area contributed by atoms with Crippen LogP contribution >= 0.6 is 0 Å². The zero-order valence-electron chi connectivity index (χ0n) is 11.8. The Morgan fingerprint density at radius 3 is 2.58 bits per heavy atom. The second kappa shape index (κ2) is 9.92. The highest BCUT2D eigenvalue weighted by molar-refractivity contribution is 5.18. The number of methoxy groups -OCH3 is 1. The fourth-order valence-corrected chi connectivity index (χ4v) is 1.88. The molecular formula is C15H25NO3. The predicted octanol–water partition coefficient (Wildman–Crippen LogP) is 1.75. The van der Waals surface area contributed by atoms with Crippen LogP contribution in [0.5, 0.6) is 0 Å². The quantitative estimate of drug-likeness (QED) is 0.634. The maximum absolute atomic E-state index is 9.81. The first-order chi connectivity index (χ1) is 9.27. The fourth-order valence-electron chi connectivity index (χ4n) is 1.88. The van der Waals surface area contributed by atoms with E-state index >= 15 is 0 Å². The van der Waals surface area contributed by atoms with Crippen LogP contribution in [0.1, 0.15) is 24.9 Å². The lowest BCUT2D eigenvalue weighted by Gasteiger charge is -2.20. The van der Waals surface area contributed by atoms with E-state index in [-0.39, 0.29) is 6.04 Å². The number of aliphatic hydroxyl groups excluding tert-OH is 1. The van der Waals surface area contributed by atoms with Crippen LogP contribution in [0, 0.1) is 0 Å². The molecule has 0 saturated carbocycles. The highest BCUT2D eigenvalue weighted by Gasteiger charge is 2.11. The number of benzene rings is 1. The molecular weight excluding hydrogens is 242 g/mol. The van der Waals surface area contributed by atoms with Crippen molar-refractivity contribution >= 4 is 0 Å². The van der Waals surface area contributed by atoms with E-state index in [2.05, 4.69) is 24.4 Å².